The van der Waals surface area contributed by atoms with E-state index in [0.717, 1.165) is 5.70 Å². The van der Waals surface area contributed by atoms with Crippen LogP contribution in [0.2, 0.25) is 0 Å². The first-order valence-corrected chi connectivity index (χ1v) is 4.29. The Hall–Kier alpha value is -0.250. The summed E-state index contributed by atoms with van der Waals surface area (Å²) >= 11 is 2.20. The van der Waals surface area contributed by atoms with Gasteiger partial charge in [-0.25, -0.2) is 0 Å². The number of nitrogens with zero attached hydrogens (tertiary/aromatic N) is 1. The van der Waals surface area contributed by atoms with Gasteiger partial charge in [0, 0.05) is 16.8 Å². The average Bonchev–Trinajstić information content (AvgIpc) is 1.91. The van der Waals surface area contributed by atoms with E-state index in [1.165, 1.54) is 0 Å². The minimum absolute atomic E-state index is 1.11. The monoisotopic (exact) mass is 249 g/mol. The van der Waals surface area contributed by atoms with Gasteiger partial charge < -0.3 is 4.90 Å². The molecule has 0 amide bonds. The Bertz CT molecular complexity index is 159. The lowest BCUT2D eigenvalue weighted by Gasteiger charge is -2.13. The SMILES string of the molecule is C=C/C(=C/I)N(C)/C=C\C. The van der Waals surface area contributed by atoms with Crippen molar-refractivity contribution in [3.8, 4) is 0 Å². The predicted molar refractivity (Wildman–Crippen MR) is 54.9 cm³/mol. The van der Waals surface area contributed by atoms with Crippen LogP contribution < -0.4 is 0 Å². The quantitative estimate of drug-likeness (QED) is 0.549. The maximum Gasteiger partial charge on any atom is 0.0458 e. The molecule has 0 N–H and O–H groups in total. The lowest BCUT2D eigenvalue weighted by atomic mass is 10.4. The highest BCUT2D eigenvalue weighted by molar-refractivity contribution is 14.1. The highest BCUT2D eigenvalue weighted by Crippen LogP contribution is 2.05. The fourth-order valence-corrected chi connectivity index (χ4v) is 1.27. The van der Waals surface area contributed by atoms with Crippen LogP contribution in [0, 0.1) is 0 Å². The van der Waals surface area contributed by atoms with E-state index in [1.807, 2.05) is 41.3 Å². The fraction of sp³-hybridized carbons (Fsp3) is 0.250. The van der Waals surface area contributed by atoms with Gasteiger partial charge in [-0.2, -0.15) is 0 Å². The van der Waals surface area contributed by atoms with E-state index < -0.39 is 0 Å². The van der Waals surface area contributed by atoms with Gasteiger partial charge in [0.2, 0.25) is 0 Å². The number of allylic oxidation sites excluding steroid dienone is 2. The summed E-state index contributed by atoms with van der Waals surface area (Å²) in [4.78, 5) is 2.01. The molecule has 0 heterocycles. The predicted octanol–water partition coefficient (Wildman–Crippen LogP) is 2.91. The summed E-state index contributed by atoms with van der Waals surface area (Å²) in [6.07, 6.45) is 5.81. The molecule has 0 aromatic rings. The minimum Gasteiger partial charge on any atom is -0.351 e. The highest BCUT2D eigenvalue weighted by Gasteiger charge is 1.91. The van der Waals surface area contributed by atoms with Crippen LogP contribution in [0.4, 0.5) is 0 Å². The van der Waals surface area contributed by atoms with Crippen LogP contribution in [-0.4, -0.2) is 11.9 Å². The summed E-state index contributed by atoms with van der Waals surface area (Å²) < 4.78 is 1.99. The molecule has 0 aliphatic carbocycles. The lowest BCUT2D eigenvalue weighted by Crippen LogP contribution is -2.06. The van der Waals surface area contributed by atoms with Crippen LogP contribution in [-0.2, 0) is 0 Å². The highest BCUT2D eigenvalue weighted by atomic mass is 127. The van der Waals surface area contributed by atoms with Crippen molar-refractivity contribution in [1.82, 2.24) is 4.90 Å². The van der Waals surface area contributed by atoms with E-state index in [-0.39, 0.29) is 0 Å². The largest absolute Gasteiger partial charge is 0.351 e. The molecule has 0 aliphatic rings. The molecule has 0 aromatic heterocycles. The van der Waals surface area contributed by atoms with Crippen LogP contribution in [0.3, 0.4) is 0 Å². The number of rotatable bonds is 3. The zero-order valence-corrected chi connectivity index (χ0v) is 8.50. The van der Waals surface area contributed by atoms with Gasteiger partial charge in [0.25, 0.3) is 0 Å². The molecule has 1 nitrogen and oxygen atoms in total. The zero-order valence-electron chi connectivity index (χ0n) is 6.34. The summed E-state index contributed by atoms with van der Waals surface area (Å²) in [5.74, 6) is 0. The van der Waals surface area contributed by atoms with E-state index >= 15 is 0 Å². The Morgan fingerprint density at radius 3 is 2.50 bits per heavy atom. The molecular formula is C8H12IN. The third-order valence-electron chi connectivity index (χ3n) is 1.10. The number of hydrogen-bond acceptors (Lipinski definition) is 1. The first kappa shape index (κ1) is 9.75. The van der Waals surface area contributed by atoms with Crippen molar-refractivity contribution in [2.75, 3.05) is 7.05 Å². The van der Waals surface area contributed by atoms with Gasteiger partial charge in [-0.15, -0.1) is 0 Å². The first-order chi connectivity index (χ1) is 4.76. The summed E-state index contributed by atoms with van der Waals surface area (Å²) in [5.41, 5.74) is 1.11. The van der Waals surface area contributed by atoms with Crippen LogP contribution in [0.1, 0.15) is 6.92 Å². The Morgan fingerprint density at radius 2 is 2.20 bits per heavy atom. The maximum atomic E-state index is 3.69. The van der Waals surface area contributed by atoms with Gasteiger partial charge >= 0.3 is 0 Å². The molecule has 0 spiro atoms. The van der Waals surface area contributed by atoms with E-state index in [1.54, 1.807) is 0 Å². The molecule has 56 valence electrons. The van der Waals surface area contributed by atoms with E-state index in [9.17, 15) is 0 Å². The fourth-order valence-electron chi connectivity index (χ4n) is 0.575. The van der Waals surface area contributed by atoms with Gasteiger partial charge in [0.1, 0.15) is 0 Å². The van der Waals surface area contributed by atoms with Crippen LogP contribution in [0.15, 0.2) is 34.7 Å². The molecule has 0 rings (SSSR count). The third-order valence-corrected chi connectivity index (χ3v) is 1.74. The maximum absolute atomic E-state index is 3.69. The van der Waals surface area contributed by atoms with Gasteiger partial charge in [-0.05, 0) is 19.2 Å². The third kappa shape index (κ3) is 3.06. The van der Waals surface area contributed by atoms with Gasteiger partial charge in [-0.3, -0.25) is 0 Å². The molecule has 0 atom stereocenters. The Balaban J connectivity index is 4.16. The topological polar surface area (TPSA) is 3.24 Å². The smallest absolute Gasteiger partial charge is 0.0458 e. The molecule has 0 aliphatic heterocycles. The molecule has 0 aromatic carbocycles. The number of likely N-dealkylation sites (N-methyl/N-ethyl adjacent to an activating group) is 1. The Kier molecular flexibility index (Phi) is 5.39. The molecule has 0 unspecified atom stereocenters. The number of hydrogen-bond donors (Lipinski definition) is 0. The zero-order chi connectivity index (χ0) is 7.98. The molecule has 0 radical (unpaired) electrons. The van der Waals surface area contributed by atoms with Crippen molar-refractivity contribution in [1.29, 1.82) is 0 Å². The standard InChI is InChI=1S/C8H12IN/c1-4-6-10(3)8(5-2)7-9/h4-7H,2H2,1,3H3/b6-4-,8-7-. The summed E-state index contributed by atoms with van der Waals surface area (Å²) in [6.45, 7) is 5.68. The molecule has 10 heavy (non-hydrogen) atoms. The molecular weight excluding hydrogens is 237 g/mol. The second kappa shape index (κ2) is 5.53. The molecule has 0 saturated carbocycles. The lowest BCUT2D eigenvalue weighted by molar-refractivity contribution is 0.590. The second-order valence-corrected chi connectivity index (χ2v) is 2.45. The number of halogens is 1. The molecule has 0 fully saturated rings. The van der Waals surface area contributed by atoms with E-state index in [2.05, 4.69) is 29.2 Å². The van der Waals surface area contributed by atoms with Crippen molar-refractivity contribution in [3.05, 3.63) is 34.7 Å². The molecule has 2 heteroatoms. The van der Waals surface area contributed by atoms with Crippen molar-refractivity contribution >= 4 is 22.6 Å². The Labute approximate surface area is 76.2 Å². The van der Waals surface area contributed by atoms with Crippen molar-refractivity contribution < 1.29 is 0 Å². The normalized spacial score (nSPS) is 12.1. The van der Waals surface area contributed by atoms with Crippen molar-refractivity contribution in [3.63, 3.8) is 0 Å². The van der Waals surface area contributed by atoms with Gasteiger partial charge in [-0.1, -0.05) is 35.2 Å². The van der Waals surface area contributed by atoms with E-state index in [0.29, 0.717) is 0 Å². The first-order valence-electron chi connectivity index (χ1n) is 3.04. The molecule has 0 bridgehead atoms. The molecule has 0 saturated heterocycles. The second-order valence-electron chi connectivity index (χ2n) is 1.83. The van der Waals surface area contributed by atoms with Crippen molar-refractivity contribution in [2.24, 2.45) is 0 Å². The Morgan fingerprint density at radius 1 is 1.60 bits per heavy atom. The summed E-state index contributed by atoms with van der Waals surface area (Å²) in [6, 6.07) is 0. The van der Waals surface area contributed by atoms with Gasteiger partial charge in [0.05, 0.1) is 0 Å². The van der Waals surface area contributed by atoms with E-state index in [4.69, 9.17) is 0 Å². The minimum atomic E-state index is 1.11. The van der Waals surface area contributed by atoms with Crippen molar-refractivity contribution in [2.45, 2.75) is 6.92 Å². The van der Waals surface area contributed by atoms with Crippen LogP contribution in [0.25, 0.3) is 0 Å². The van der Waals surface area contributed by atoms with Gasteiger partial charge in [0.15, 0.2) is 0 Å². The summed E-state index contributed by atoms with van der Waals surface area (Å²) in [5, 5.41) is 0. The summed E-state index contributed by atoms with van der Waals surface area (Å²) in [7, 11) is 1.99. The van der Waals surface area contributed by atoms with Crippen LogP contribution >= 0.6 is 22.6 Å². The van der Waals surface area contributed by atoms with Crippen LogP contribution in [0.5, 0.6) is 0 Å². The average molecular weight is 249 g/mol.